The van der Waals surface area contributed by atoms with Crippen molar-refractivity contribution in [1.29, 1.82) is 0 Å². The van der Waals surface area contributed by atoms with E-state index in [-0.39, 0.29) is 0 Å². The van der Waals surface area contributed by atoms with Crippen molar-refractivity contribution in [2.75, 3.05) is 26.7 Å². The zero-order valence-electron chi connectivity index (χ0n) is 12.7. The van der Waals surface area contributed by atoms with Crippen LogP contribution in [0.25, 0.3) is 0 Å². The topological polar surface area (TPSA) is 54.0 Å². The third-order valence-corrected chi connectivity index (χ3v) is 3.95. The van der Waals surface area contributed by atoms with Crippen LogP contribution in [0.1, 0.15) is 39.5 Å². The van der Waals surface area contributed by atoms with Crippen molar-refractivity contribution >= 4 is 12.6 Å². The van der Waals surface area contributed by atoms with E-state index >= 15 is 0 Å². The molecule has 108 valence electrons. The number of hydrogen-bond donors (Lipinski definition) is 1. The molecule has 0 atom stereocenters. The van der Waals surface area contributed by atoms with Crippen LogP contribution in [0, 0.1) is 5.92 Å². The highest BCUT2D eigenvalue weighted by Crippen LogP contribution is 2.24. The Morgan fingerprint density at radius 1 is 1.37 bits per heavy atom. The van der Waals surface area contributed by atoms with E-state index in [1.165, 1.54) is 32.4 Å². The van der Waals surface area contributed by atoms with Crippen LogP contribution in [0.5, 0.6) is 0 Å². The second-order valence-electron chi connectivity index (χ2n) is 5.37. The molecule has 4 nitrogen and oxygen atoms in total. The van der Waals surface area contributed by atoms with Crippen LogP contribution < -0.4 is 5.73 Å². The van der Waals surface area contributed by atoms with Crippen molar-refractivity contribution in [3.8, 4) is 0 Å². The Morgan fingerprint density at radius 2 is 2.00 bits per heavy atom. The summed E-state index contributed by atoms with van der Waals surface area (Å²) >= 11 is 0. The predicted molar refractivity (Wildman–Crippen MR) is 83.9 cm³/mol. The van der Waals surface area contributed by atoms with Crippen molar-refractivity contribution in [2.45, 2.75) is 39.5 Å². The summed E-state index contributed by atoms with van der Waals surface area (Å²) in [6.45, 7) is 10.7. The van der Waals surface area contributed by atoms with Gasteiger partial charge in [0, 0.05) is 17.8 Å². The molecule has 1 aliphatic rings. The molecule has 0 aromatic heterocycles. The Labute approximate surface area is 117 Å². The maximum absolute atomic E-state index is 6.04. The van der Waals surface area contributed by atoms with Crippen molar-refractivity contribution in [3.63, 3.8) is 0 Å². The van der Waals surface area contributed by atoms with Crippen molar-refractivity contribution in [2.24, 2.45) is 21.6 Å². The Bertz CT molecular complexity index is 349. The third kappa shape index (κ3) is 5.15. The van der Waals surface area contributed by atoms with Gasteiger partial charge in [-0.15, -0.1) is 0 Å². The standard InChI is InChI=1S/C15H28N4/c1-5-18-15(16)14(12(2)17-3)7-6-13-8-10-19(4)11-9-13/h13H,3,5-11H2,1-2,4H3,(H2,16,18)/b14-12-. The van der Waals surface area contributed by atoms with E-state index in [1.54, 1.807) is 0 Å². The van der Waals surface area contributed by atoms with E-state index in [2.05, 4.69) is 28.6 Å². The first kappa shape index (κ1) is 15.9. The number of nitrogens with zero attached hydrogens (tertiary/aromatic N) is 3. The summed E-state index contributed by atoms with van der Waals surface area (Å²) in [4.78, 5) is 10.7. The lowest BCUT2D eigenvalue weighted by molar-refractivity contribution is 0.213. The van der Waals surface area contributed by atoms with Crippen molar-refractivity contribution < 1.29 is 0 Å². The summed E-state index contributed by atoms with van der Waals surface area (Å²) in [5, 5.41) is 0. The van der Waals surface area contributed by atoms with Gasteiger partial charge in [0.05, 0.1) is 0 Å². The number of piperidine rings is 1. The average molecular weight is 264 g/mol. The third-order valence-electron chi connectivity index (χ3n) is 3.95. The summed E-state index contributed by atoms with van der Waals surface area (Å²) in [6, 6.07) is 0. The highest BCUT2D eigenvalue weighted by atomic mass is 15.1. The van der Waals surface area contributed by atoms with Gasteiger partial charge in [0.15, 0.2) is 0 Å². The van der Waals surface area contributed by atoms with Gasteiger partial charge < -0.3 is 10.6 Å². The Kier molecular flexibility index (Phi) is 6.78. The lowest BCUT2D eigenvalue weighted by atomic mass is 9.90. The summed E-state index contributed by atoms with van der Waals surface area (Å²) in [7, 11) is 2.19. The molecule has 1 fully saturated rings. The summed E-state index contributed by atoms with van der Waals surface area (Å²) < 4.78 is 0. The number of rotatable bonds is 6. The van der Waals surface area contributed by atoms with Crippen molar-refractivity contribution in [1.82, 2.24) is 4.90 Å². The van der Waals surface area contributed by atoms with Crippen LogP contribution in [0.3, 0.4) is 0 Å². The lowest BCUT2D eigenvalue weighted by Crippen LogP contribution is -2.30. The molecule has 0 aromatic rings. The summed E-state index contributed by atoms with van der Waals surface area (Å²) in [5.74, 6) is 1.44. The van der Waals surface area contributed by atoms with Gasteiger partial charge in [-0.05, 0) is 72.3 Å². The number of allylic oxidation sites excluding steroid dienone is 1. The maximum atomic E-state index is 6.04. The fourth-order valence-electron chi connectivity index (χ4n) is 2.55. The largest absolute Gasteiger partial charge is 0.384 e. The smallest absolute Gasteiger partial charge is 0.123 e. The fourth-order valence-corrected chi connectivity index (χ4v) is 2.55. The molecule has 0 spiro atoms. The van der Waals surface area contributed by atoms with Gasteiger partial charge in [-0.2, -0.15) is 0 Å². The zero-order chi connectivity index (χ0) is 14.3. The molecule has 2 N–H and O–H groups in total. The van der Waals surface area contributed by atoms with Crippen LogP contribution in [-0.4, -0.2) is 44.1 Å². The molecule has 1 rings (SSSR count). The van der Waals surface area contributed by atoms with Crippen LogP contribution in [-0.2, 0) is 0 Å². The summed E-state index contributed by atoms with van der Waals surface area (Å²) in [6.07, 6.45) is 4.72. The molecule has 1 aliphatic heterocycles. The van der Waals surface area contributed by atoms with Gasteiger partial charge in [-0.1, -0.05) is 0 Å². The molecule has 1 heterocycles. The number of aliphatic imine (C=N–C) groups is 2. The second-order valence-corrected chi connectivity index (χ2v) is 5.37. The molecule has 0 aliphatic carbocycles. The summed E-state index contributed by atoms with van der Waals surface area (Å²) in [5.41, 5.74) is 8.04. The van der Waals surface area contributed by atoms with Crippen LogP contribution >= 0.6 is 0 Å². The highest BCUT2D eigenvalue weighted by molar-refractivity contribution is 5.97. The molecule has 0 amide bonds. The number of likely N-dealkylation sites (tertiary alicyclic amines) is 1. The van der Waals surface area contributed by atoms with Gasteiger partial charge >= 0.3 is 0 Å². The molecular weight excluding hydrogens is 236 g/mol. The first-order valence-corrected chi connectivity index (χ1v) is 7.23. The normalized spacial score (nSPS) is 20.3. The first-order valence-electron chi connectivity index (χ1n) is 7.23. The number of hydrogen-bond acceptors (Lipinski definition) is 3. The van der Waals surface area contributed by atoms with Gasteiger partial charge in [-0.3, -0.25) is 9.98 Å². The fraction of sp³-hybridized carbons (Fsp3) is 0.733. The average Bonchev–Trinajstić information content (AvgIpc) is 2.41. The Morgan fingerprint density at radius 3 is 2.53 bits per heavy atom. The molecule has 4 heteroatoms. The van der Waals surface area contributed by atoms with Crippen molar-refractivity contribution in [3.05, 3.63) is 11.3 Å². The van der Waals surface area contributed by atoms with E-state index in [1.807, 2.05) is 13.8 Å². The minimum absolute atomic E-state index is 0.639. The molecule has 0 bridgehead atoms. The lowest BCUT2D eigenvalue weighted by Gasteiger charge is -2.29. The molecule has 0 saturated carbocycles. The van der Waals surface area contributed by atoms with Crippen LogP contribution in [0.15, 0.2) is 21.3 Å². The van der Waals surface area contributed by atoms with E-state index in [0.717, 1.165) is 23.6 Å². The highest BCUT2D eigenvalue weighted by Gasteiger charge is 2.18. The molecular formula is C15H28N4. The molecule has 19 heavy (non-hydrogen) atoms. The first-order chi connectivity index (χ1) is 9.08. The quantitative estimate of drug-likeness (QED) is 0.592. The minimum Gasteiger partial charge on any atom is -0.384 e. The molecule has 1 saturated heterocycles. The van der Waals surface area contributed by atoms with Crippen LogP contribution in [0.2, 0.25) is 0 Å². The van der Waals surface area contributed by atoms with Crippen LogP contribution in [0.4, 0.5) is 0 Å². The maximum Gasteiger partial charge on any atom is 0.123 e. The number of amidine groups is 1. The predicted octanol–water partition coefficient (Wildman–Crippen LogP) is 2.46. The molecule has 0 radical (unpaired) electrons. The monoisotopic (exact) mass is 264 g/mol. The van der Waals surface area contributed by atoms with Gasteiger partial charge in [0.1, 0.15) is 5.84 Å². The molecule has 0 aromatic carbocycles. The van der Waals surface area contributed by atoms with Gasteiger partial charge in [-0.25, -0.2) is 0 Å². The number of nitrogens with two attached hydrogens (primary N) is 1. The molecule has 0 unspecified atom stereocenters. The van der Waals surface area contributed by atoms with E-state index in [9.17, 15) is 0 Å². The van der Waals surface area contributed by atoms with E-state index in [4.69, 9.17) is 5.73 Å². The zero-order valence-corrected chi connectivity index (χ0v) is 12.7. The minimum atomic E-state index is 0.639. The van der Waals surface area contributed by atoms with E-state index < -0.39 is 0 Å². The SMILES string of the molecule is C=N/C(C)=C(/CCC1CCN(C)CC1)C(N)=NCC. The van der Waals surface area contributed by atoms with Gasteiger partial charge in [0.25, 0.3) is 0 Å². The second kappa shape index (κ2) is 8.10. The Hall–Kier alpha value is -1.16. The van der Waals surface area contributed by atoms with E-state index in [0.29, 0.717) is 12.4 Å². The Balaban J connectivity index is 2.60. The van der Waals surface area contributed by atoms with Gasteiger partial charge in [0.2, 0.25) is 0 Å².